The molecule has 2 aromatic heterocycles. The number of aromatic nitrogens is 3. The molecule has 0 aromatic carbocycles. The van der Waals surface area contributed by atoms with Gasteiger partial charge in [-0.15, -0.1) is 0 Å². The van der Waals surface area contributed by atoms with Gasteiger partial charge in [-0.3, -0.25) is 5.10 Å². The summed E-state index contributed by atoms with van der Waals surface area (Å²) in [5.74, 6) is 0.954. The minimum Gasteiger partial charge on any atom is -0.276 e. The molecule has 15 heavy (non-hydrogen) atoms. The maximum absolute atomic E-state index is 4.58. The number of pyridine rings is 1. The van der Waals surface area contributed by atoms with Gasteiger partial charge < -0.3 is 0 Å². The van der Waals surface area contributed by atoms with E-state index in [1.165, 1.54) is 5.56 Å². The van der Waals surface area contributed by atoms with Crippen molar-refractivity contribution in [3.63, 3.8) is 0 Å². The number of H-pyrrole nitrogens is 1. The lowest BCUT2D eigenvalue weighted by atomic mass is 9.99. The van der Waals surface area contributed by atoms with Crippen molar-refractivity contribution in [3.05, 3.63) is 23.5 Å². The fraction of sp³-hybridized carbons (Fsp3) is 0.500. The smallest absolute Gasteiger partial charge is 0.109 e. The first-order valence-corrected chi connectivity index (χ1v) is 5.43. The van der Waals surface area contributed by atoms with Crippen LogP contribution in [-0.4, -0.2) is 15.2 Å². The molecule has 0 aliphatic rings. The van der Waals surface area contributed by atoms with Crippen molar-refractivity contribution >= 4 is 11.0 Å². The van der Waals surface area contributed by atoms with Gasteiger partial charge in [-0.2, -0.15) is 5.10 Å². The van der Waals surface area contributed by atoms with Gasteiger partial charge in [0.15, 0.2) is 0 Å². The molecule has 0 saturated carbocycles. The zero-order valence-electron chi connectivity index (χ0n) is 9.70. The van der Waals surface area contributed by atoms with E-state index in [-0.39, 0.29) is 0 Å². The molecule has 0 spiro atoms. The van der Waals surface area contributed by atoms with Crippen LogP contribution in [-0.2, 0) is 0 Å². The Morgan fingerprint density at radius 1 is 1.13 bits per heavy atom. The van der Waals surface area contributed by atoms with Crippen molar-refractivity contribution in [1.82, 2.24) is 15.2 Å². The van der Waals surface area contributed by atoms with Crippen LogP contribution in [0.25, 0.3) is 11.0 Å². The zero-order chi connectivity index (χ0) is 11.0. The number of rotatable bonds is 2. The Kier molecular flexibility index (Phi) is 2.47. The second kappa shape index (κ2) is 3.65. The molecule has 3 nitrogen and oxygen atoms in total. The lowest BCUT2D eigenvalue weighted by Gasteiger charge is -2.11. The molecular formula is C12H17N3. The number of fused-ring (bicyclic) bond motifs is 1. The van der Waals surface area contributed by atoms with Crippen LogP contribution in [0.3, 0.4) is 0 Å². The minimum absolute atomic E-state index is 0.460. The fourth-order valence-electron chi connectivity index (χ4n) is 1.73. The second-order valence-corrected chi connectivity index (χ2v) is 4.58. The van der Waals surface area contributed by atoms with E-state index in [1.807, 2.05) is 0 Å². The van der Waals surface area contributed by atoms with Gasteiger partial charge in [-0.05, 0) is 23.5 Å². The maximum atomic E-state index is 4.58. The maximum Gasteiger partial charge on any atom is 0.109 e. The topological polar surface area (TPSA) is 41.6 Å². The Morgan fingerprint density at radius 3 is 2.47 bits per heavy atom. The monoisotopic (exact) mass is 203 g/mol. The van der Waals surface area contributed by atoms with Crippen molar-refractivity contribution in [2.45, 2.75) is 39.5 Å². The van der Waals surface area contributed by atoms with Gasteiger partial charge in [0.05, 0.1) is 11.7 Å². The van der Waals surface area contributed by atoms with Gasteiger partial charge in [0.25, 0.3) is 0 Å². The molecule has 1 N–H and O–H groups in total. The lowest BCUT2D eigenvalue weighted by Crippen LogP contribution is -1.98. The van der Waals surface area contributed by atoms with Crippen molar-refractivity contribution < 1.29 is 0 Å². The molecule has 0 aliphatic heterocycles. The van der Waals surface area contributed by atoms with Crippen molar-refractivity contribution in [1.29, 1.82) is 0 Å². The molecule has 0 fully saturated rings. The standard InChI is InChI=1S/C12H17N3/c1-7(2)9-5-10(8(3)4)14-11-6-13-15-12(9)11/h5-8H,1-4H3,(H,13,15). The molecule has 0 saturated heterocycles. The van der Waals surface area contributed by atoms with Gasteiger partial charge in [0.2, 0.25) is 0 Å². The highest BCUT2D eigenvalue weighted by Crippen LogP contribution is 2.25. The summed E-state index contributed by atoms with van der Waals surface area (Å²) in [5.41, 5.74) is 4.51. The van der Waals surface area contributed by atoms with E-state index in [0.717, 1.165) is 16.7 Å². The summed E-state index contributed by atoms with van der Waals surface area (Å²) in [7, 11) is 0. The molecular weight excluding hydrogens is 186 g/mol. The van der Waals surface area contributed by atoms with Crippen molar-refractivity contribution in [3.8, 4) is 0 Å². The van der Waals surface area contributed by atoms with Crippen LogP contribution in [0.15, 0.2) is 12.3 Å². The second-order valence-electron chi connectivity index (χ2n) is 4.58. The Balaban J connectivity index is 2.69. The van der Waals surface area contributed by atoms with Gasteiger partial charge >= 0.3 is 0 Å². The van der Waals surface area contributed by atoms with E-state index >= 15 is 0 Å². The molecule has 0 atom stereocenters. The number of hydrogen-bond acceptors (Lipinski definition) is 2. The van der Waals surface area contributed by atoms with Crippen LogP contribution in [0.2, 0.25) is 0 Å². The Labute approximate surface area is 89.9 Å². The first kappa shape index (κ1) is 10.1. The quantitative estimate of drug-likeness (QED) is 0.814. The van der Waals surface area contributed by atoms with E-state index < -0.39 is 0 Å². The third-order valence-corrected chi connectivity index (χ3v) is 2.67. The third kappa shape index (κ3) is 1.74. The molecule has 2 aromatic rings. The highest BCUT2D eigenvalue weighted by molar-refractivity contribution is 5.78. The summed E-state index contributed by atoms with van der Waals surface area (Å²) in [4.78, 5) is 4.58. The molecule has 80 valence electrons. The zero-order valence-corrected chi connectivity index (χ0v) is 9.70. The third-order valence-electron chi connectivity index (χ3n) is 2.67. The fourth-order valence-corrected chi connectivity index (χ4v) is 1.73. The van der Waals surface area contributed by atoms with E-state index in [4.69, 9.17) is 0 Å². The van der Waals surface area contributed by atoms with Crippen LogP contribution >= 0.6 is 0 Å². The summed E-state index contributed by atoms with van der Waals surface area (Å²) >= 11 is 0. The van der Waals surface area contributed by atoms with Gasteiger partial charge in [-0.1, -0.05) is 27.7 Å². The van der Waals surface area contributed by atoms with Gasteiger partial charge in [0, 0.05) is 5.69 Å². The molecule has 0 amide bonds. The van der Waals surface area contributed by atoms with E-state index in [9.17, 15) is 0 Å². The summed E-state index contributed by atoms with van der Waals surface area (Å²) in [6.07, 6.45) is 1.80. The summed E-state index contributed by atoms with van der Waals surface area (Å²) in [6.45, 7) is 8.72. The van der Waals surface area contributed by atoms with Gasteiger partial charge in [0.1, 0.15) is 5.52 Å². The number of nitrogens with zero attached hydrogens (tertiary/aromatic N) is 2. The average Bonchev–Trinajstić information content (AvgIpc) is 2.62. The van der Waals surface area contributed by atoms with Crippen molar-refractivity contribution in [2.24, 2.45) is 0 Å². The highest BCUT2D eigenvalue weighted by Gasteiger charge is 2.11. The summed E-state index contributed by atoms with van der Waals surface area (Å²) in [6, 6.07) is 2.19. The minimum atomic E-state index is 0.460. The van der Waals surface area contributed by atoms with Crippen LogP contribution < -0.4 is 0 Å². The Hall–Kier alpha value is -1.38. The normalized spacial score (nSPS) is 11.9. The Morgan fingerprint density at radius 2 is 1.87 bits per heavy atom. The van der Waals surface area contributed by atoms with E-state index in [0.29, 0.717) is 11.8 Å². The van der Waals surface area contributed by atoms with Crippen LogP contribution in [0.1, 0.15) is 50.8 Å². The Bertz CT molecular complexity index is 469. The summed E-state index contributed by atoms with van der Waals surface area (Å²) in [5, 5.41) is 7.08. The number of aromatic amines is 1. The first-order valence-electron chi connectivity index (χ1n) is 5.43. The molecule has 0 bridgehead atoms. The lowest BCUT2D eigenvalue weighted by molar-refractivity contribution is 0.810. The largest absolute Gasteiger partial charge is 0.276 e. The molecule has 2 rings (SSSR count). The highest BCUT2D eigenvalue weighted by atomic mass is 15.1. The predicted octanol–water partition coefficient (Wildman–Crippen LogP) is 3.20. The molecule has 0 unspecified atom stereocenters. The first-order chi connectivity index (χ1) is 7.09. The summed E-state index contributed by atoms with van der Waals surface area (Å²) < 4.78 is 0. The van der Waals surface area contributed by atoms with Crippen LogP contribution in [0.5, 0.6) is 0 Å². The molecule has 3 heteroatoms. The SMILES string of the molecule is CC(C)c1cc(C(C)C)c2[nH]ncc2n1. The number of hydrogen-bond donors (Lipinski definition) is 1. The molecule has 2 heterocycles. The molecule has 0 radical (unpaired) electrons. The predicted molar refractivity (Wildman–Crippen MR) is 62.1 cm³/mol. The van der Waals surface area contributed by atoms with Crippen molar-refractivity contribution in [2.75, 3.05) is 0 Å². The van der Waals surface area contributed by atoms with Crippen LogP contribution in [0.4, 0.5) is 0 Å². The average molecular weight is 203 g/mol. The van der Waals surface area contributed by atoms with E-state index in [1.54, 1.807) is 6.20 Å². The van der Waals surface area contributed by atoms with E-state index in [2.05, 4.69) is 48.9 Å². The molecule has 0 aliphatic carbocycles. The van der Waals surface area contributed by atoms with Crippen LogP contribution in [0, 0.1) is 0 Å². The number of nitrogens with one attached hydrogen (secondary N) is 1. The van der Waals surface area contributed by atoms with Gasteiger partial charge in [-0.25, -0.2) is 4.98 Å².